The van der Waals surface area contributed by atoms with Crippen LogP contribution in [0.4, 0.5) is 0 Å². The molecule has 1 amide bonds. The molecule has 0 radical (unpaired) electrons. The molecule has 51 heavy (non-hydrogen) atoms. The smallest absolute Gasteiger partial charge is 0.220 e. The Morgan fingerprint density at radius 3 is 1.53 bits per heavy atom. The second-order valence-corrected chi connectivity index (χ2v) is 15.1. The summed E-state index contributed by atoms with van der Waals surface area (Å²) in [5.74, 6) is -0.178. The minimum absolute atomic E-state index is 0.178. The molecule has 7 unspecified atom stereocenters. The van der Waals surface area contributed by atoms with E-state index in [0.29, 0.717) is 6.42 Å². The Morgan fingerprint density at radius 1 is 0.647 bits per heavy atom. The number of allylic oxidation sites excluding steroid dienone is 1. The van der Waals surface area contributed by atoms with Gasteiger partial charge in [0.2, 0.25) is 5.91 Å². The molecule has 0 aromatic carbocycles. The fourth-order valence-corrected chi connectivity index (χ4v) is 6.86. The zero-order valence-corrected chi connectivity index (χ0v) is 32.9. The summed E-state index contributed by atoms with van der Waals surface area (Å²) in [7, 11) is 0. The number of carbonyl (C=O) groups excluding carboxylic acids is 1. The topological polar surface area (TPSA) is 149 Å². The van der Waals surface area contributed by atoms with Crippen LogP contribution in [-0.2, 0) is 14.3 Å². The molecular formula is C42H81NO8. The van der Waals surface area contributed by atoms with Gasteiger partial charge in [-0.25, -0.2) is 0 Å². The first-order valence-electron chi connectivity index (χ1n) is 21.4. The lowest BCUT2D eigenvalue weighted by molar-refractivity contribution is -0.302. The largest absolute Gasteiger partial charge is 0.394 e. The zero-order valence-electron chi connectivity index (χ0n) is 32.9. The van der Waals surface area contributed by atoms with Gasteiger partial charge in [-0.1, -0.05) is 180 Å². The Labute approximate surface area is 312 Å². The molecular weight excluding hydrogens is 646 g/mol. The third kappa shape index (κ3) is 24.8. The lowest BCUT2D eigenvalue weighted by Gasteiger charge is -2.40. The van der Waals surface area contributed by atoms with E-state index in [4.69, 9.17) is 9.47 Å². The van der Waals surface area contributed by atoms with Gasteiger partial charge in [0.25, 0.3) is 0 Å². The van der Waals surface area contributed by atoms with E-state index in [1.54, 1.807) is 6.08 Å². The Morgan fingerprint density at radius 2 is 1.08 bits per heavy atom. The predicted octanol–water partition coefficient (Wildman–Crippen LogP) is 8.17. The maximum Gasteiger partial charge on any atom is 0.220 e. The lowest BCUT2D eigenvalue weighted by Crippen LogP contribution is -2.60. The summed E-state index contributed by atoms with van der Waals surface area (Å²) >= 11 is 0. The number of amides is 1. The summed E-state index contributed by atoms with van der Waals surface area (Å²) in [6, 6.07) is -0.796. The molecule has 0 aromatic heterocycles. The molecule has 6 N–H and O–H groups in total. The van der Waals surface area contributed by atoms with Crippen LogP contribution in [0.1, 0.15) is 194 Å². The number of nitrogens with one attached hydrogen (secondary N) is 1. The molecule has 1 fully saturated rings. The number of aliphatic hydroxyl groups excluding tert-OH is 5. The van der Waals surface area contributed by atoms with E-state index >= 15 is 0 Å². The Kier molecular flexibility index (Phi) is 31.5. The minimum Gasteiger partial charge on any atom is -0.394 e. The van der Waals surface area contributed by atoms with Crippen molar-refractivity contribution in [3.8, 4) is 0 Å². The molecule has 1 rings (SSSR count). The predicted molar refractivity (Wildman–Crippen MR) is 207 cm³/mol. The van der Waals surface area contributed by atoms with Gasteiger partial charge in [0.05, 0.1) is 25.4 Å². The van der Waals surface area contributed by atoms with E-state index in [0.717, 1.165) is 38.5 Å². The van der Waals surface area contributed by atoms with Crippen LogP contribution in [0.2, 0.25) is 0 Å². The number of aliphatic hydroxyl groups is 5. The monoisotopic (exact) mass is 728 g/mol. The molecule has 7 atom stereocenters. The average Bonchev–Trinajstić information content (AvgIpc) is 3.13. The molecule has 9 heteroatoms. The van der Waals surface area contributed by atoms with E-state index in [1.807, 2.05) is 6.08 Å². The van der Waals surface area contributed by atoms with Crippen molar-refractivity contribution in [1.82, 2.24) is 5.32 Å². The zero-order chi connectivity index (χ0) is 37.4. The number of ether oxygens (including phenoxy) is 2. The van der Waals surface area contributed by atoms with Crippen LogP contribution >= 0.6 is 0 Å². The molecule has 0 saturated carbocycles. The maximum absolute atomic E-state index is 12.9. The van der Waals surface area contributed by atoms with E-state index < -0.39 is 49.5 Å². The van der Waals surface area contributed by atoms with Gasteiger partial charge in [0, 0.05) is 6.42 Å². The summed E-state index contributed by atoms with van der Waals surface area (Å²) in [4.78, 5) is 12.9. The molecule has 1 aliphatic heterocycles. The Bertz CT molecular complexity index is 812. The highest BCUT2D eigenvalue weighted by atomic mass is 16.7. The molecule has 1 heterocycles. The van der Waals surface area contributed by atoms with E-state index in [-0.39, 0.29) is 12.5 Å². The van der Waals surface area contributed by atoms with Gasteiger partial charge >= 0.3 is 0 Å². The third-order valence-electron chi connectivity index (χ3n) is 10.4. The second-order valence-electron chi connectivity index (χ2n) is 15.1. The summed E-state index contributed by atoms with van der Waals surface area (Å²) in [6.07, 6.45) is 29.9. The standard InChI is InChI=1S/C42H81NO8/c1-3-5-7-9-11-13-14-15-16-17-18-19-20-21-22-23-24-26-28-30-32-38(46)43-35(36(45)31-29-27-25-12-10-8-6-4-2)34-50-42-41(49)40(48)39(47)37(33-44)51-42/h29,31,35-37,39-42,44-45,47-49H,3-28,30,32-34H2,1-2H3,(H,43,46)/b31-29+. The molecule has 9 nitrogen and oxygen atoms in total. The molecule has 0 bridgehead atoms. The van der Waals surface area contributed by atoms with Crippen molar-refractivity contribution in [2.24, 2.45) is 0 Å². The van der Waals surface area contributed by atoms with E-state index in [9.17, 15) is 30.3 Å². The minimum atomic E-state index is -1.56. The summed E-state index contributed by atoms with van der Waals surface area (Å²) in [5.41, 5.74) is 0. The molecule has 302 valence electrons. The number of carbonyl (C=O) groups is 1. The van der Waals surface area contributed by atoms with E-state index in [2.05, 4.69) is 19.2 Å². The second kappa shape index (κ2) is 33.5. The number of unbranched alkanes of at least 4 members (excludes halogenated alkanes) is 25. The van der Waals surface area contributed by atoms with Crippen LogP contribution in [0, 0.1) is 0 Å². The van der Waals surface area contributed by atoms with Gasteiger partial charge in [-0.2, -0.15) is 0 Å². The fraction of sp³-hybridized carbons (Fsp3) is 0.929. The van der Waals surface area contributed by atoms with Crippen molar-refractivity contribution in [3.05, 3.63) is 12.2 Å². The van der Waals surface area contributed by atoms with Gasteiger partial charge in [-0.05, 0) is 19.3 Å². The molecule has 0 aromatic rings. The van der Waals surface area contributed by atoms with Crippen LogP contribution < -0.4 is 5.32 Å². The first-order valence-corrected chi connectivity index (χ1v) is 21.4. The number of hydrogen-bond acceptors (Lipinski definition) is 8. The van der Waals surface area contributed by atoms with Gasteiger partial charge in [-0.3, -0.25) is 4.79 Å². The van der Waals surface area contributed by atoms with Crippen molar-refractivity contribution in [3.63, 3.8) is 0 Å². The first kappa shape index (κ1) is 48.0. The SMILES string of the molecule is CCCCCCCC/C=C/C(O)C(COC1OC(CO)C(O)C(O)C1O)NC(=O)CCCCCCCCCCCCCCCCCCCCCC. The highest BCUT2D eigenvalue weighted by molar-refractivity contribution is 5.76. The Balaban J connectivity index is 2.27. The number of hydrogen-bond donors (Lipinski definition) is 6. The average molecular weight is 728 g/mol. The Hall–Kier alpha value is -1.07. The van der Waals surface area contributed by atoms with Crippen LogP contribution in [0.3, 0.4) is 0 Å². The maximum atomic E-state index is 12.9. The fourth-order valence-electron chi connectivity index (χ4n) is 6.86. The van der Waals surface area contributed by atoms with Crippen molar-refractivity contribution in [2.45, 2.75) is 236 Å². The third-order valence-corrected chi connectivity index (χ3v) is 10.4. The van der Waals surface area contributed by atoms with Gasteiger partial charge in [0.15, 0.2) is 6.29 Å². The van der Waals surface area contributed by atoms with Crippen LogP contribution in [-0.4, -0.2) is 87.5 Å². The van der Waals surface area contributed by atoms with Gasteiger partial charge in [0.1, 0.15) is 24.4 Å². The highest BCUT2D eigenvalue weighted by Gasteiger charge is 2.44. The molecule has 1 aliphatic rings. The van der Waals surface area contributed by atoms with Crippen molar-refractivity contribution >= 4 is 5.91 Å². The van der Waals surface area contributed by atoms with Crippen LogP contribution in [0.5, 0.6) is 0 Å². The van der Waals surface area contributed by atoms with Crippen LogP contribution in [0.25, 0.3) is 0 Å². The van der Waals surface area contributed by atoms with Crippen molar-refractivity contribution in [1.29, 1.82) is 0 Å². The summed E-state index contributed by atoms with van der Waals surface area (Å²) in [5, 5.41) is 53.8. The highest BCUT2D eigenvalue weighted by Crippen LogP contribution is 2.22. The van der Waals surface area contributed by atoms with Crippen molar-refractivity contribution in [2.75, 3.05) is 13.2 Å². The van der Waals surface area contributed by atoms with Crippen molar-refractivity contribution < 1.29 is 39.8 Å². The first-order chi connectivity index (χ1) is 24.8. The summed E-state index contributed by atoms with van der Waals surface area (Å²) < 4.78 is 11.1. The van der Waals surface area contributed by atoms with Gasteiger partial charge in [-0.15, -0.1) is 0 Å². The van der Waals surface area contributed by atoms with Gasteiger partial charge < -0.3 is 40.3 Å². The molecule has 1 saturated heterocycles. The van der Waals surface area contributed by atoms with E-state index in [1.165, 1.54) is 135 Å². The number of rotatable bonds is 35. The summed E-state index contributed by atoms with van der Waals surface area (Å²) in [6.45, 7) is 3.73. The normalized spacial score (nSPS) is 22.1. The molecule has 0 aliphatic carbocycles. The molecule has 0 spiro atoms. The lowest BCUT2D eigenvalue weighted by atomic mass is 9.99. The van der Waals surface area contributed by atoms with Crippen LogP contribution in [0.15, 0.2) is 12.2 Å². The quantitative estimate of drug-likeness (QED) is 0.0283.